The van der Waals surface area contributed by atoms with E-state index < -0.39 is 5.79 Å². The average molecular weight is 266 g/mol. The Morgan fingerprint density at radius 2 is 1.95 bits per heavy atom. The lowest BCUT2D eigenvalue weighted by Gasteiger charge is -2.35. The molecule has 2 aliphatic rings. The third-order valence-electron chi connectivity index (χ3n) is 4.21. The molecule has 0 bridgehead atoms. The second kappa shape index (κ2) is 5.98. The topological polar surface area (TPSA) is 35.5 Å². The second-order valence-electron chi connectivity index (χ2n) is 6.31. The summed E-state index contributed by atoms with van der Waals surface area (Å²) in [5.74, 6) is 0.892. The first-order valence-corrected chi connectivity index (χ1v) is 7.63. The molecule has 1 fully saturated rings. The normalized spacial score (nSPS) is 25.2. The van der Waals surface area contributed by atoms with Gasteiger partial charge in [0.25, 0.3) is 0 Å². The lowest BCUT2D eigenvalue weighted by atomic mass is 9.81. The molecule has 0 radical (unpaired) electrons. The standard InChI is InChI=1S/C16H26O3/c1-4-13(10-12-8-6-5-7-9-12)14-11-15(17)19-16(2,3)18-14/h11-13H,4-10H2,1-3H3. The lowest BCUT2D eigenvalue weighted by Crippen LogP contribution is -2.36. The minimum absolute atomic E-state index is 0.270. The summed E-state index contributed by atoms with van der Waals surface area (Å²) in [6.07, 6.45) is 10.5. The molecule has 0 saturated heterocycles. The molecule has 1 heterocycles. The largest absolute Gasteiger partial charge is 0.457 e. The highest BCUT2D eigenvalue weighted by atomic mass is 16.7. The summed E-state index contributed by atoms with van der Waals surface area (Å²) >= 11 is 0. The Morgan fingerprint density at radius 1 is 1.26 bits per heavy atom. The van der Waals surface area contributed by atoms with E-state index in [1.807, 2.05) is 0 Å². The first kappa shape index (κ1) is 14.4. The second-order valence-corrected chi connectivity index (χ2v) is 6.31. The molecule has 3 nitrogen and oxygen atoms in total. The van der Waals surface area contributed by atoms with Gasteiger partial charge >= 0.3 is 5.97 Å². The zero-order chi connectivity index (χ0) is 13.9. The van der Waals surface area contributed by atoms with E-state index >= 15 is 0 Å². The van der Waals surface area contributed by atoms with Crippen molar-refractivity contribution in [2.45, 2.75) is 71.5 Å². The molecule has 1 unspecified atom stereocenters. The van der Waals surface area contributed by atoms with E-state index in [4.69, 9.17) is 9.47 Å². The van der Waals surface area contributed by atoms with E-state index in [1.54, 1.807) is 19.9 Å². The van der Waals surface area contributed by atoms with Gasteiger partial charge in [-0.15, -0.1) is 0 Å². The number of hydrogen-bond acceptors (Lipinski definition) is 3. The molecule has 0 spiro atoms. The van der Waals surface area contributed by atoms with Crippen LogP contribution in [0.25, 0.3) is 0 Å². The van der Waals surface area contributed by atoms with Crippen LogP contribution in [0.15, 0.2) is 11.8 Å². The number of esters is 1. The van der Waals surface area contributed by atoms with E-state index in [-0.39, 0.29) is 5.97 Å². The van der Waals surface area contributed by atoms with Crippen LogP contribution in [0.1, 0.15) is 65.7 Å². The third-order valence-corrected chi connectivity index (χ3v) is 4.21. The van der Waals surface area contributed by atoms with Crippen molar-refractivity contribution < 1.29 is 14.3 Å². The first-order chi connectivity index (χ1) is 9.00. The van der Waals surface area contributed by atoms with Crippen LogP contribution in [0.5, 0.6) is 0 Å². The molecule has 1 aliphatic carbocycles. The summed E-state index contributed by atoms with van der Waals surface area (Å²) in [5.41, 5.74) is 0. The Morgan fingerprint density at radius 3 is 2.53 bits per heavy atom. The maximum atomic E-state index is 11.6. The van der Waals surface area contributed by atoms with E-state index in [0.29, 0.717) is 5.92 Å². The lowest BCUT2D eigenvalue weighted by molar-refractivity contribution is -0.208. The quantitative estimate of drug-likeness (QED) is 0.716. The summed E-state index contributed by atoms with van der Waals surface area (Å²) in [6, 6.07) is 0. The van der Waals surface area contributed by atoms with Gasteiger partial charge < -0.3 is 9.47 Å². The number of rotatable bonds is 4. The van der Waals surface area contributed by atoms with Gasteiger partial charge in [0.05, 0.1) is 6.08 Å². The van der Waals surface area contributed by atoms with Gasteiger partial charge in [0, 0.05) is 19.8 Å². The van der Waals surface area contributed by atoms with Gasteiger partial charge in [0.2, 0.25) is 5.79 Å². The summed E-state index contributed by atoms with van der Waals surface area (Å²) in [7, 11) is 0. The average Bonchev–Trinajstić information content (AvgIpc) is 2.34. The summed E-state index contributed by atoms with van der Waals surface area (Å²) in [4.78, 5) is 11.6. The van der Waals surface area contributed by atoms with Crippen LogP contribution in [0.2, 0.25) is 0 Å². The van der Waals surface area contributed by atoms with Crippen LogP contribution in [0.4, 0.5) is 0 Å². The molecule has 2 rings (SSSR count). The molecular formula is C16H26O3. The highest BCUT2D eigenvalue weighted by molar-refractivity contribution is 5.83. The molecule has 0 aromatic rings. The predicted octanol–water partition coefficient (Wildman–Crippen LogP) is 4.18. The fourth-order valence-electron chi connectivity index (χ4n) is 3.23. The molecule has 19 heavy (non-hydrogen) atoms. The van der Waals surface area contributed by atoms with Crippen LogP contribution >= 0.6 is 0 Å². The van der Waals surface area contributed by atoms with Crippen LogP contribution in [-0.4, -0.2) is 11.8 Å². The third kappa shape index (κ3) is 3.99. The highest BCUT2D eigenvalue weighted by Crippen LogP contribution is 2.36. The van der Waals surface area contributed by atoms with Crippen molar-refractivity contribution in [3.8, 4) is 0 Å². The van der Waals surface area contributed by atoms with Crippen LogP contribution < -0.4 is 0 Å². The minimum atomic E-state index is -0.818. The highest BCUT2D eigenvalue weighted by Gasteiger charge is 2.33. The van der Waals surface area contributed by atoms with Crippen LogP contribution in [-0.2, 0) is 14.3 Å². The fourth-order valence-corrected chi connectivity index (χ4v) is 3.23. The smallest absolute Gasteiger partial charge is 0.337 e. The van der Waals surface area contributed by atoms with Gasteiger partial charge in [-0.25, -0.2) is 4.79 Å². The molecule has 1 aliphatic heterocycles. The first-order valence-electron chi connectivity index (χ1n) is 7.63. The van der Waals surface area contributed by atoms with Crippen molar-refractivity contribution >= 4 is 5.97 Å². The molecule has 108 valence electrons. The Labute approximate surface area is 116 Å². The molecule has 0 N–H and O–H groups in total. The van der Waals surface area contributed by atoms with Crippen molar-refractivity contribution in [2.75, 3.05) is 0 Å². The van der Waals surface area contributed by atoms with Gasteiger partial charge in [-0.05, 0) is 18.8 Å². The van der Waals surface area contributed by atoms with Crippen LogP contribution in [0, 0.1) is 11.8 Å². The van der Waals surface area contributed by atoms with Crippen molar-refractivity contribution in [1.82, 2.24) is 0 Å². The maximum Gasteiger partial charge on any atom is 0.337 e. The Bertz CT molecular complexity index is 351. The fraction of sp³-hybridized carbons (Fsp3) is 0.812. The summed E-state index contributed by atoms with van der Waals surface area (Å²) in [5, 5.41) is 0. The molecule has 3 heteroatoms. The van der Waals surface area contributed by atoms with Gasteiger partial charge in [-0.1, -0.05) is 39.0 Å². The van der Waals surface area contributed by atoms with Gasteiger partial charge in [0.1, 0.15) is 5.76 Å². The zero-order valence-corrected chi connectivity index (χ0v) is 12.4. The molecule has 1 saturated carbocycles. The monoisotopic (exact) mass is 266 g/mol. The summed E-state index contributed by atoms with van der Waals surface area (Å²) < 4.78 is 11.0. The van der Waals surface area contributed by atoms with E-state index in [1.165, 1.54) is 32.1 Å². The SMILES string of the molecule is CCC(CC1CCCCC1)C1=CC(=O)OC(C)(C)O1. The number of carbonyl (C=O) groups excluding carboxylic acids is 1. The molecule has 0 aromatic heterocycles. The van der Waals surface area contributed by atoms with Gasteiger partial charge in [0.15, 0.2) is 0 Å². The van der Waals surface area contributed by atoms with E-state index in [0.717, 1.165) is 24.5 Å². The van der Waals surface area contributed by atoms with Crippen molar-refractivity contribution in [1.29, 1.82) is 0 Å². The van der Waals surface area contributed by atoms with Crippen molar-refractivity contribution in [3.63, 3.8) is 0 Å². The Hall–Kier alpha value is -0.990. The Balaban J connectivity index is 2.02. The van der Waals surface area contributed by atoms with Gasteiger partial charge in [-0.3, -0.25) is 0 Å². The number of ether oxygens (including phenoxy) is 2. The number of cyclic esters (lactones) is 1. The van der Waals surface area contributed by atoms with Crippen molar-refractivity contribution in [3.05, 3.63) is 11.8 Å². The van der Waals surface area contributed by atoms with E-state index in [9.17, 15) is 4.79 Å². The van der Waals surface area contributed by atoms with Crippen molar-refractivity contribution in [2.24, 2.45) is 11.8 Å². The van der Waals surface area contributed by atoms with Crippen LogP contribution in [0.3, 0.4) is 0 Å². The molecule has 1 atom stereocenters. The minimum Gasteiger partial charge on any atom is -0.457 e. The molecule has 0 aromatic carbocycles. The zero-order valence-electron chi connectivity index (χ0n) is 12.4. The molecule has 0 amide bonds. The van der Waals surface area contributed by atoms with E-state index in [2.05, 4.69) is 6.92 Å². The Kier molecular flexibility index (Phi) is 4.54. The number of hydrogen-bond donors (Lipinski definition) is 0. The van der Waals surface area contributed by atoms with Gasteiger partial charge in [-0.2, -0.15) is 0 Å². The summed E-state index contributed by atoms with van der Waals surface area (Å²) in [6.45, 7) is 5.76. The maximum absolute atomic E-state index is 11.6. The number of allylic oxidation sites excluding steroid dienone is 1. The predicted molar refractivity (Wildman–Crippen MR) is 74.3 cm³/mol. The number of carbonyl (C=O) groups is 1. The molecular weight excluding hydrogens is 240 g/mol.